The first kappa shape index (κ1) is 10.2. The Kier molecular flexibility index (Phi) is 2.13. The normalized spacial score (nSPS) is 24.5. The monoisotopic (exact) mass is 237 g/mol. The Bertz CT molecular complexity index is 619. The van der Waals surface area contributed by atoms with Crippen molar-refractivity contribution in [1.29, 1.82) is 0 Å². The van der Waals surface area contributed by atoms with Gasteiger partial charge >= 0.3 is 0 Å². The number of rotatable bonds is 1. The van der Waals surface area contributed by atoms with Crippen LogP contribution in [-0.2, 0) is 4.74 Å². The number of nitrogens with one attached hydrogen (secondary N) is 1. The Balaban J connectivity index is 2.15. The summed E-state index contributed by atoms with van der Waals surface area (Å²) < 4.78 is 6.99. The molecule has 3 heterocycles. The highest BCUT2D eigenvalue weighted by Crippen LogP contribution is 2.25. The average molecular weight is 237 g/mol. The van der Waals surface area contributed by atoms with Gasteiger partial charge in [-0.1, -0.05) is 0 Å². The van der Waals surface area contributed by atoms with Crippen LogP contribution in [0.25, 0.3) is 11.2 Å². The molecule has 0 bridgehead atoms. The van der Waals surface area contributed by atoms with Crippen LogP contribution >= 0.6 is 0 Å². The van der Waals surface area contributed by atoms with Crippen molar-refractivity contribution in [2.75, 3.05) is 12.3 Å². The molecule has 0 aromatic carbocycles. The highest BCUT2D eigenvalue weighted by molar-refractivity contribution is 5.70. The molecule has 90 valence electrons. The topological polar surface area (TPSA) is 119 Å². The summed E-state index contributed by atoms with van der Waals surface area (Å²) in [5.41, 5.74) is 5.67. The number of nitrogens with two attached hydrogens (primary N) is 1. The van der Waals surface area contributed by atoms with Crippen molar-refractivity contribution >= 4 is 17.1 Å². The van der Waals surface area contributed by atoms with Gasteiger partial charge in [0.25, 0.3) is 5.56 Å². The number of H-pyrrole nitrogens is 1. The highest BCUT2D eigenvalue weighted by atomic mass is 16.5. The maximum atomic E-state index is 11.6. The number of aromatic amines is 1. The van der Waals surface area contributed by atoms with E-state index >= 15 is 0 Å². The summed E-state index contributed by atoms with van der Waals surface area (Å²) in [6.07, 6.45) is 1.05. The van der Waals surface area contributed by atoms with Crippen molar-refractivity contribution in [2.45, 2.75) is 18.8 Å². The summed E-state index contributed by atoms with van der Waals surface area (Å²) in [4.78, 5) is 21.9. The number of nitrogens with zero attached hydrogens (tertiary/aromatic N) is 3. The van der Waals surface area contributed by atoms with Crippen LogP contribution in [0.3, 0.4) is 0 Å². The summed E-state index contributed by atoms with van der Waals surface area (Å²) in [5.74, 6) is 0.0304. The van der Waals surface area contributed by atoms with Crippen molar-refractivity contribution in [3.05, 3.63) is 16.7 Å². The molecule has 1 aliphatic rings. The third-order valence-electron chi connectivity index (χ3n) is 2.72. The molecule has 8 heteroatoms. The van der Waals surface area contributed by atoms with Crippen LogP contribution in [0.1, 0.15) is 12.6 Å². The predicted molar refractivity (Wildman–Crippen MR) is 58.2 cm³/mol. The molecule has 17 heavy (non-hydrogen) atoms. The van der Waals surface area contributed by atoms with Gasteiger partial charge in [-0.25, -0.2) is 4.98 Å². The molecule has 2 unspecified atom stereocenters. The van der Waals surface area contributed by atoms with Gasteiger partial charge in [0.15, 0.2) is 11.2 Å². The third kappa shape index (κ3) is 1.58. The number of hydrogen-bond donors (Lipinski definition) is 3. The van der Waals surface area contributed by atoms with Gasteiger partial charge < -0.3 is 15.6 Å². The van der Waals surface area contributed by atoms with E-state index < -0.39 is 6.10 Å². The Hall–Kier alpha value is -1.93. The number of aromatic nitrogens is 4. The Labute approximate surface area is 95.1 Å². The molecule has 8 nitrogen and oxygen atoms in total. The van der Waals surface area contributed by atoms with Crippen molar-refractivity contribution in [1.82, 2.24) is 19.5 Å². The number of aliphatic hydroxyl groups is 1. The molecule has 0 radical (unpaired) electrons. The lowest BCUT2D eigenvalue weighted by Crippen LogP contribution is -2.14. The molecule has 0 saturated carbocycles. The largest absolute Gasteiger partial charge is 0.391 e. The first-order chi connectivity index (χ1) is 8.15. The van der Waals surface area contributed by atoms with Gasteiger partial charge in [-0.05, 0) is 0 Å². The summed E-state index contributed by atoms with van der Waals surface area (Å²) in [7, 11) is 0. The fraction of sp³-hybridized carbons (Fsp3) is 0.444. The molecule has 1 fully saturated rings. The number of anilines is 1. The molecule has 2 aromatic heterocycles. The van der Waals surface area contributed by atoms with Crippen LogP contribution in [0, 0.1) is 0 Å². The van der Waals surface area contributed by atoms with Gasteiger partial charge in [-0.3, -0.25) is 14.3 Å². The minimum absolute atomic E-state index is 0.0304. The number of nitrogen functional groups attached to an aromatic ring is 1. The smallest absolute Gasteiger partial charge is 0.280 e. The number of aliphatic hydroxyl groups excluding tert-OH is 1. The van der Waals surface area contributed by atoms with E-state index in [4.69, 9.17) is 10.5 Å². The highest BCUT2D eigenvalue weighted by Gasteiger charge is 2.27. The van der Waals surface area contributed by atoms with E-state index in [1.807, 2.05) is 0 Å². The van der Waals surface area contributed by atoms with Crippen LogP contribution in [0.15, 0.2) is 11.1 Å². The van der Waals surface area contributed by atoms with Crippen molar-refractivity contribution in [2.24, 2.45) is 0 Å². The quantitative estimate of drug-likeness (QED) is 0.584. The minimum atomic E-state index is -0.503. The van der Waals surface area contributed by atoms with Gasteiger partial charge in [0.1, 0.15) is 6.23 Å². The molecule has 2 atom stereocenters. The average Bonchev–Trinajstić information content (AvgIpc) is 2.83. The Morgan fingerprint density at radius 3 is 3.18 bits per heavy atom. The Morgan fingerprint density at radius 1 is 1.65 bits per heavy atom. The lowest BCUT2D eigenvalue weighted by molar-refractivity contribution is 0.0502. The Morgan fingerprint density at radius 2 is 2.47 bits per heavy atom. The molecule has 2 aromatic rings. The fourth-order valence-corrected chi connectivity index (χ4v) is 1.94. The molecular formula is C9H11N5O3. The molecular weight excluding hydrogens is 226 g/mol. The van der Waals surface area contributed by atoms with Crippen molar-refractivity contribution in [3.8, 4) is 0 Å². The zero-order valence-corrected chi connectivity index (χ0v) is 8.83. The zero-order valence-electron chi connectivity index (χ0n) is 8.83. The summed E-state index contributed by atoms with van der Waals surface area (Å²) >= 11 is 0. The first-order valence-electron chi connectivity index (χ1n) is 5.17. The van der Waals surface area contributed by atoms with E-state index in [9.17, 15) is 9.90 Å². The number of ether oxygens (including phenoxy) is 1. The van der Waals surface area contributed by atoms with E-state index in [1.165, 1.54) is 6.33 Å². The second kappa shape index (κ2) is 3.54. The number of imidazole rings is 1. The van der Waals surface area contributed by atoms with Gasteiger partial charge in [0.05, 0.1) is 19.0 Å². The van der Waals surface area contributed by atoms with E-state index in [-0.39, 0.29) is 29.9 Å². The molecule has 3 rings (SSSR count). The summed E-state index contributed by atoms with van der Waals surface area (Å²) in [6, 6.07) is 0. The molecule has 1 aliphatic heterocycles. The second-order valence-corrected chi connectivity index (χ2v) is 3.95. The van der Waals surface area contributed by atoms with Gasteiger partial charge in [-0.15, -0.1) is 0 Å². The SMILES string of the molecule is Nc1nc2c(ncn2C2CC(O)CO2)c(=O)[nH]1. The molecule has 1 saturated heterocycles. The standard InChI is InChI=1S/C9H11N5O3/c10-9-12-7-6(8(16)13-9)11-3-14(7)5-1-4(15)2-17-5/h3-5,15H,1-2H2,(H3,10,12,13,16). The van der Waals surface area contributed by atoms with Gasteiger partial charge in [0.2, 0.25) is 5.95 Å². The van der Waals surface area contributed by atoms with Crippen molar-refractivity contribution < 1.29 is 9.84 Å². The molecule has 0 spiro atoms. The van der Waals surface area contributed by atoms with Gasteiger partial charge in [-0.2, -0.15) is 4.98 Å². The van der Waals surface area contributed by atoms with E-state index in [0.717, 1.165) is 0 Å². The van der Waals surface area contributed by atoms with E-state index in [0.29, 0.717) is 12.1 Å². The zero-order chi connectivity index (χ0) is 12.0. The number of hydrogen-bond acceptors (Lipinski definition) is 6. The minimum Gasteiger partial charge on any atom is -0.391 e. The van der Waals surface area contributed by atoms with Crippen LogP contribution in [0.2, 0.25) is 0 Å². The molecule has 0 aliphatic carbocycles. The van der Waals surface area contributed by atoms with Crippen molar-refractivity contribution in [3.63, 3.8) is 0 Å². The molecule has 4 N–H and O–H groups in total. The van der Waals surface area contributed by atoms with Crippen LogP contribution in [0.5, 0.6) is 0 Å². The van der Waals surface area contributed by atoms with Crippen LogP contribution < -0.4 is 11.3 Å². The second-order valence-electron chi connectivity index (χ2n) is 3.95. The first-order valence-corrected chi connectivity index (χ1v) is 5.17. The fourth-order valence-electron chi connectivity index (χ4n) is 1.94. The lowest BCUT2D eigenvalue weighted by Gasteiger charge is -2.10. The molecule has 0 amide bonds. The third-order valence-corrected chi connectivity index (χ3v) is 2.72. The van der Waals surface area contributed by atoms with E-state index in [2.05, 4.69) is 15.0 Å². The van der Waals surface area contributed by atoms with Crippen LogP contribution in [0.4, 0.5) is 5.95 Å². The summed E-state index contributed by atoms with van der Waals surface area (Å²) in [6.45, 7) is 0.267. The maximum absolute atomic E-state index is 11.6. The summed E-state index contributed by atoms with van der Waals surface area (Å²) in [5, 5.41) is 9.41. The van der Waals surface area contributed by atoms with Gasteiger partial charge in [0, 0.05) is 6.42 Å². The van der Waals surface area contributed by atoms with Crippen LogP contribution in [-0.4, -0.2) is 37.3 Å². The van der Waals surface area contributed by atoms with E-state index in [1.54, 1.807) is 4.57 Å². The lowest BCUT2D eigenvalue weighted by atomic mass is 10.3. The number of fused-ring (bicyclic) bond motifs is 1. The maximum Gasteiger partial charge on any atom is 0.280 e. The predicted octanol–water partition coefficient (Wildman–Crippen LogP) is -1.02.